The van der Waals surface area contributed by atoms with Gasteiger partial charge in [0, 0.05) is 30.6 Å². The Kier molecular flexibility index (Phi) is 3.36. The lowest BCUT2D eigenvalue weighted by Gasteiger charge is -2.30. The van der Waals surface area contributed by atoms with Crippen LogP contribution in [0.4, 0.5) is 0 Å². The minimum Gasteiger partial charge on any atom is -0.497 e. The van der Waals surface area contributed by atoms with Gasteiger partial charge in [-0.1, -0.05) is 6.07 Å². The molecule has 0 amide bonds. The van der Waals surface area contributed by atoms with Crippen molar-refractivity contribution < 1.29 is 9.47 Å². The van der Waals surface area contributed by atoms with Gasteiger partial charge in [-0.3, -0.25) is 0 Å². The van der Waals surface area contributed by atoms with E-state index in [1.54, 1.807) is 7.11 Å². The zero-order valence-electron chi connectivity index (χ0n) is 11.7. The zero-order valence-corrected chi connectivity index (χ0v) is 11.7. The van der Waals surface area contributed by atoms with Crippen LogP contribution in [0.15, 0.2) is 30.7 Å². The van der Waals surface area contributed by atoms with Crippen LogP contribution < -0.4 is 15.2 Å². The Morgan fingerprint density at radius 2 is 2.35 bits per heavy atom. The molecule has 2 aromatic rings. The van der Waals surface area contributed by atoms with Gasteiger partial charge in [0.05, 0.1) is 25.3 Å². The Balaban J connectivity index is 1.95. The van der Waals surface area contributed by atoms with Crippen LogP contribution in [0.2, 0.25) is 0 Å². The molecule has 1 aliphatic rings. The molecule has 2 N–H and O–H groups in total. The molecule has 5 heteroatoms. The summed E-state index contributed by atoms with van der Waals surface area (Å²) in [7, 11) is 1.65. The molecule has 0 bridgehead atoms. The Bertz CT molecular complexity index is 609. The highest BCUT2D eigenvalue weighted by molar-refractivity contribution is 5.44. The Morgan fingerprint density at radius 3 is 3.10 bits per heavy atom. The lowest BCUT2D eigenvalue weighted by atomic mass is 9.96. The number of fused-ring (bicyclic) bond motifs is 1. The quantitative estimate of drug-likeness (QED) is 0.933. The fraction of sp³-hybridized carbons (Fsp3) is 0.400. The maximum Gasteiger partial charge on any atom is 0.142 e. The van der Waals surface area contributed by atoms with Gasteiger partial charge in [-0.05, 0) is 13.0 Å². The average Bonchev–Trinajstić information content (AvgIpc) is 2.95. The first-order chi connectivity index (χ1) is 9.72. The maximum atomic E-state index is 6.28. The second-order valence-electron chi connectivity index (χ2n) is 4.96. The number of rotatable bonds is 3. The molecule has 2 atom stereocenters. The molecule has 5 nitrogen and oxygen atoms in total. The lowest BCUT2D eigenvalue weighted by Crippen LogP contribution is -2.25. The van der Waals surface area contributed by atoms with Crippen molar-refractivity contribution in [1.29, 1.82) is 0 Å². The van der Waals surface area contributed by atoms with E-state index < -0.39 is 0 Å². The van der Waals surface area contributed by atoms with Crippen molar-refractivity contribution in [3.8, 4) is 11.5 Å². The van der Waals surface area contributed by atoms with Crippen LogP contribution in [0.25, 0.3) is 0 Å². The molecule has 1 aliphatic heterocycles. The third-order valence-electron chi connectivity index (χ3n) is 3.77. The first kappa shape index (κ1) is 13.0. The number of nitrogens with two attached hydrogens (primary N) is 1. The van der Waals surface area contributed by atoms with Gasteiger partial charge in [0.25, 0.3) is 0 Å². The molecule has 0 aliphatic carbocycles. The van der Waals surface area contributed by atoms with Gasteiger partial charge in [-0.15, -0.1) is 0 Å². The van der Waals surface area contributed by atoms with Gasteiger partial charge in [-0.25, -0.2) is 4.98 Å². The van der Waals surface area contributed by atoms with E-state index in [2.05, 4.69) is 16.5 Å². The van der Waals surface area contributed by atoms with Crippen molar-refractivity contribution in [3.05, 3.63) is 42.0 Å². The van der Waals surface area contributed by atoms with Crippen molar-refractivity contribution in [2.45, 2.75) is 32.0 Å². The summed E-state index contributed by atoms with van der Waals surface area (Å²) in [5, 5.41) is 0. The normalized spacial score (nSPS) is 21.1. The molecule has 1 aromatic heterocycles. The van der Waals surface area contributed by atoms with E-state index in [9.17, 15) is 0 Å². The van der Waals surface area contributed by atoms with Gasteiger partial charge in [0.2, 0.25) is 0 Å². The molecule has 1 unspecified atom stereocenters. The van der Waals surface area contributed by atoms with Crippen LogP contribution in [0.3, 0.4) is 0 Å². The predicted octanol–water partition coefficient (Wildman–Crippen LogP) is 2.44. The number of nitrogens with zero attached hydrogens (tertiary/aromatic N) is 2. The summed E-state index contributed by atoms with van der Waals surface area (Å²) in [6, 6.07) is 5.76. The Hall–Kier alpha value is -2.01. The van der Waals surface area contributed by atoms with E-state index >= 15 is 0 Å². The highest BCUT2D eigenvalue weighted by atomic mass is 16.5. The third-order valence-corrected chi connectivity index (χ3v) is 3.77. The number of imidazole rings is 1. The maximum absolute atomic E-state index is 6.28. The van der Waals surface area contributed by atoms with Crippen LogP contribution in [0.5, 0.6) is 11.5 Å². The number of methoxy groups -OCH3 is 1. The van der Waals surface area contributed by atoms with Gasteiger partial charge in [0.15, 0.2) is 0 Å². The third kappa shape index (κ3) is 2.14. The molecular formula is C15H19N3O2. The van der Waals surface area contributed by atoms with Crippen LogP contribution >= 0.6 is 0 Å². The fourth-order valence-corrected chi connectivity index (χ4v) is 2.65. The molecule has 0 saturated carbocycles. The number of ether oxygens (including phenoxy) is 2. The molecule has 0 radical (unpaired) electrons. The first-order valence-electron chi connectivity index (χ1n) is 6.83. The minimum atomic E-state index is -0.0629. The van der Waals surface area contributed by atoms with E-state index in [4.69, 9.17) is 15.2 Å². The van der Waals surface area contributed by atoms with Crippen LogP contribution in [-0.2, 0) is 6.54 Å². The van der Waals surface area contributed by atoms with Crippen molar-refractivity contribution in [1.82, 2.24) is 9.55 Å². The molecule has 0 fully saturated rings. The molecule has 20 heavy (non-hydrogen) atoms. The van der Waals surface area contributed by atoms with Gasteiger partial charge >= 0.3 is 0 Å². The summed E-state index contributed by atoms with van der Waals surface area (Å²) in [6.45, 7) is 2.96. The van der Waals surface area contributed by atoms with Crippen LogP contribution in [0.1, 0.15) is 36.7 Å². The standard InChI is InChI=1S/C15H19N3O2/c1-3-18-9-17-8-13(18)15-7-12(16)11-5-4-10(19-2)6-14(11)20-15/h4-6,8-9,12,15H,3,7,16H2,1-2H3/t12-,15?/m0/s1. The second kappa shape index (κ2) is 5.17. The van der Waals surface area contributed by atoms with Crippen molar-refractivity contribution >= 4 is 0 Å². The minimum absolute atomic E-state index is 0.0325. The zero-order chi connectivity index (χ0) is 14.1. The number of hydrogen-bond acceptors (Lipinski definition) is 4. The summed E-state index contributed by atoms with van der Waals surface area (Å²) < 4.78 is 13.4. The Morgan fingerprint density at radius 1 is 1.50 bits per heavy atom. The average molecular weight is 273 g/mol. The number of aryl methyl sites for hydroxylation is 1. The van der Waals surface area contributed by atoms with Crippen molar-refractivity contribution in [2.24, 2.45) is 5.73 Å². The molecular weight excluding hydrogens is 254 g/mol. The molecule has 2 heterocycles. The largest absolute Gasteiger partial charge is 0.497 e. The van der Waals surface area contributed by atoms with E-state index in [1.165, 1.54) is 0 Å². The van der Waals surface area contributed by atoms with Gasteiger partial charge in [0.1, 0.15) is 17.6 Å². The molecule has 1 aromatic carbocycles. The number of hydrogen-bond donors (Lipinski definition) is 1. The van der Waals surface area contributed by atoms with Crippen molar-refractivity contribution in [3.63, 3.8) is 0 Å². The molecule has 0 saturated heterocycles. The van der Waals surface area contributed by atoms with Gasteiger partial charge < -0.3 is 19.8 Å². The summed E-state index contributed by atoms with van der Waals surface area (Å²) in [5.74, 6) is 1.58. The topological polar surface area (TPSA) is 62.3 Å². The summed E-state index contributed by atoms with van der Waals surface area (Å²) in [5.41, 5.74) is 8.37. The van der Waals surface area contributed by atoms with E-state index in [0.29, 0.717) is 0 Å². The molecule has 0 spiro atoms. The summed E-state index contributed by atoms with van der Waals surface area (Å²) in [6.07, 6.45) is 4.37. The van der Waals surface area contributed by atoms with E-state index in [-0.39, 0.29) is 12.1 Å². The highest BCUT2D eigenvalue weighted by Crippen LogP contribution is 2.41. The highest BCUT2D eigenvalue weighted by Gasteiger charge is 2.29. The SMILES string of the molecule is CCn1cncc1C1C[C@H](N)c2ccc(OC)cc2O1. The summed E-state index contributed by atoms with van der Waals surface area (Å²) >= 11 is 0. The number of benzene rings is 1. The lowest BCUT2D eigenvalue weighted by molar-refractivity contribution is 0.152. The number of aromatic nitrogens is 2. The Labute approximate surface area is 118 Å². The smallest absolute Gasteiger partial charge is 0.142 e. The second-order valence-corrected chi connectivity index (χ2v) is 4.96. The fourth-order valence-electron chi connectivity index (χ4n) is 2.65. The van der Waals surface area contributed by atoms with Crippen LogP contribution in [0, 0.1) is 0 Å². The van der Waals surface area contributed by atoms with Crippen LogP contribution in [-0.4, -0.2) is 16.7 Å². The first-order valence-corrected chi connectivity index (χ1v) is 6.83. The van der Waals surface area contributed by atoms with Gasteiger partial charge in [-0.2, -0.15) is 0 Å². The summed E-state index contributed by atoms with van der Waals surface area (Å²) in [4.78, 5) is 4.20. The van der Waals surface area contributed by atoms with E-state index in [0.717, 1.165) is 35.7 Å². The molecule has 106 valence electrons. The van der Waals surface area contributed by atoms with Crippen molar-refractivity contribution in [2.75, 3.05) is 7.11 Å². The predicted molar refractivity (Wildman–Crippen MR) is 75.8 cm³/mol. The molecule has 3 rings (SSSR count). The monoisotopic (exact) mass is 273 g/mol. The van der Waals surface area contributed by atoms with E-state index in [1.807, 2.05) is 30.7 Å².